The SMILES string of the molecule is C(=N[N-]c1ccc2ccccc2n1)c1ccccn1.CC(=O)[OH2+].[Zn+2]. The Hall–Kier alpha value is -2.66. The van der Waals surface area contributed by atoms with E-state index in [0.29, 0.717) is 5.82 Å². The first-order valence-corrected chi connectivity index (χ1v) is 6.88. The van der Waals surface area contributed by atoms with Crippen molar-refractivity contribution in [2.45, 2.75) is 6.92 Å². The maximum atomic E-state index is 9.11. The van der Waals surface area contributed by atoms with Crippen LogP contribution < -0.4 is 0 Å². The largest absolute Gasteiger partial charge is 2.00 e. The van der Waals surface area contributed by atoms with Crippen molar-refractivity contribution in [3.63, 3.8) is 0 Å². The van der Waals surface area contributed by atoms with E-state index in [0.717, 1.165) is 16.6 Å². The van der Waals surface area contributed by atoms with Crippen LogP contribution in [0.2, 0.25) is 0 Å². The van der Waals surface area contributed by atoms with Crippen molar-refractivity contribution in [3.05, 3.63) is 71.9 Å². The summed E-state index contributed by atoms with van der Waals surface area (Å²) in [6.07, 6.45) is 3.33. The predicted molar refractivity (Wildman–Crippen MR) is 90.9 cm³/mol. The van der Waals surface area contributed by atoms with Crippen molar-refractivity contribution in [2.24, 2.45) is 5.10 Å². The van der Waals surface area contributed by atoms with Gasteiger partial charge in [0, 0.05) is 11.0 Å². The molecular weight excluding hydrogens is 358 g/mol. The summed E-state index contributed by atoms with van der Waals surface area (Å²) >= 11 is 0. The van der Waals surface area contributed by atoms with Crippen LogP contribution >= 0.6 is 0 Å². The fraction of sp³-hybridized carbons (Fsp3) is 0.0588. The fourth-order valence-corrected chi connectivity index (χ4v) is 1.71. The number of rotatable bonds is 3. The molecule has 0 radical (unpaired) electrons. The van der Waals surface area contributed by atoms with Gasteiger partial charge in [-0.3, -0.25) is 10.1 Å². The number of aromatic nitrogens is 2. The molecule has 0 spiro atoms. The van der Waals surface area contributed by atoms with E-state index in [1.807, 2.05) is 54.6 Å². The first-order valence-electron chi connectivity index (χ1n) is 6.88. The molecule has 7 heteroatoms. The Morgan fingerprint density at radius 2 is 1.83 bits per heavy atom. The van der Waals surface area contributed by atoms with Crippen LogP contribution in [0.1, 0.15) is 12.6 Å². The van der Waals surface area contributed by atoms with Crippen LogP contribution in [0.15, 0.2) is 65.9 Å². The van der Waals surface area contributed by atoms with E-state index in [4.69, 9.17) is 9.90 Å². The predicted octanol–water partition coefficient (Wildman–Crippen LogP) is 2.92. The zero-order valence-corrected chi connectivity index (χ0v) is 16.2. The minimum Gasteiger partial charge on any atom is -0.565 e. The Morgan fingerprint density at radius 3 is 2.54 bits per heavy atom. The zero-order valence-electron chi connectivity index (χ0n) is 13.3. The molecule has 0 aliphatic rings. The number of carbonyl (C=O) groups excluding carboxylic acids is 1. The zero-order chi connectivity index (χ0) is 16.5. The van der Waals surface area contributed by atoms with E-state index in [1.165, 1.54) is 6.92 Å². The summed E-state index contributed by atoms with van der Waals surface area (Å²) in [6, 6.07) is 17.4. The molecule has 1 aromatic carbocycles. The number of carbonyl (C=O) groups is 1. The van der Waals surface area contributed by atoms with Gasteiger partial charge >= 0.3 is 25.4 Å². The van der Waals surface area contributed by atoms with Gasteiger partial charge in [0.1, 0.15) is 0 Å². The van der Waals surface area contributed by atoms with Crippen LogP contribution in [0.4, 0.5) is 5.82 Å². The van der Waals surface area contributed by atoms with Gasteiger partial charge in [-0.15, -0.1) is 0 Å². The van der Waals surface area contributed by atoms with Crippen molar-refractivity contribution in [1.29, 1.82) is 0 Å². The summed E-state index contributed by atoms with van der Waals surface area (Å²) in [6.45, 7) is 1.19. The molecular formula is C17H16N4O2Zn+2. The number of para-hydroxylation sites is 1. The van der Waals surface area contributed by atoms with E-state index < -0.39 is 5.97 Å². The minimum atomic E-state index is -0.583. The Kier molecular flexibility index (Phi) is 8.23. The van der Waals surface area contributed by atoms with Crippen LogP contribution in [-0.2, 0) is 24.3 Å². The van der Waals surface area contributed by atoms with Crippen LogP contribution in [-0.4, -0.2) is 27.3 Å². The van der Waals surface area contributed by atoms with E-state index >= 15 is 0 Å². The van der Waals surface area contributed by atoms with Gasteiger partial charge in [0.05, 0.1) is 18.8 Å². The van der Waals surface area contributed by atoms with Crippen molar-refractivity contribution in [3.8, 4) is 0 Å². The maximum absolute atomic E-state index is 9.11. The molecule has 116 valence electrons. The van der Waals surface area contributed by atoms with Crippen LogP contribution in [0.3, 0.4) is 0 Å². The van der Waals surface area contributed by atoms with Gasteiger partial charge in [0.25, 0.3) is 0 Å². The molecule has 24 heavy (non-hydrogen) atoms. The van der Waals surface area contributed by atoms with Gasteiger partial charge in [-0.2, -0.15) is 0 Å². The van der Waals surface area contributed by atoms with Gasteiger partial charge in [-0.25, -0.2) is 0 Å². The molecule has 6 nitrogen and oxygen atoms in total. The third-order valence-corrected chi connectivity index (χ3v) is 2.62. The molecule has 0 fully saturated rings. The van der Waals surface area contributed by atoms with E-state index in [-0.39, 0.29) is 19.5 Å². The van der Waals surface area contributed by atoms with E-state index in [9.17, 15) is 0 Å². The topological polar surface area (TPSA) is 92.2 Å². The Bertz CT molecular complexity index is 806. The summed E-state index contributed by atoms with van der Waals surface area (Å²) in [4.78, 5) is 17.6. The normalized spacial score (nSPS) is 9.71. The molecule has 2 heterocycles. The first kappa shape index (κ1) is 19.4. The molecule has 3 aromatic rings. The number of fused-ring (bicyclic) bond motifs is 1. The molecule has 0 aliphatic heterocycles. The minimum absolute atomic E-state index is 0. The molecule has 0 saturated heterocycles. The number of nitrogens with zero attached hydrogens (tertiary/aromatic N) is 4. The van der Waals surface area contributed by atoms with Gasteiger partial charge in [-0.1, -0.05) is 42.5 Å². The second-order valence-corrected chi connectivity index (χ2v) is 4.52. The Balaban J connectivity index is 0.000000522. The van der Waals surface area contributed by atoms with Gasteiger partial charge in [-0.05, 0) is 28.9 Å². The van der Waals surface area contributed by atoms with Crippen molar-refractivity contribution in [1.82, 2.24) is 9.97 Å². The van der Waals surface area contributed by atoms with E-state index in [2.05, 4.69) is 20.5 Å². The number of hydrogen-bond acceptors (Lipinski definition) is 4. The molecule has 0 atom stereocenters. The quantitative estimate of drug-likeness (QED) is 0.306. The van der Waals surface area contributed by atoms with Gasteiger partial charge in [0.15, 0.2) is 0 Å². The maximum Gasteiger partial charge on any atom is 2.00 e. The average molecular weight is 374 g/mol. The van der Waals surface area contributed by atoms with Gasteiger partial charge < -0.3 is 15.5 Å². The van der Waals surface area contributed by atoms with Crippen molar-refractivity contribution < 1.29 is 29.4 Å². The Morgan fingerprint density at radius 1 is 1.12 bits per heavy atom. The van der Waals surface area contributed by atoms with Crippen molar-refractivity contribution in [2.75, 3.05) is 0 Å². The fourth-order valence-electron chi connectivity index (χ4n) is 1.71. The summed E-state index contributed by atoms with van der Waals surface area (Å²) < 4.78 is 0. The second-order valence-electron chi connectivity index (χ2n) is 4.52. The molecule has 0 saturated carbocycles. The summed E-state index contributed by atoms with van der Waals surface area (Å²) in [5.41, 5.74) is 5.75. The number of pyridine rings is 2. The average Bonchev–Trinajstić information content (AvgIpc) is 2.55. The standard InChI is InChI=1S/C15H11N4.C2H4O2.Zn/c1-2-7-14-12(5-1)8-9-15(18-14)19-17-11-13-6-3-4-10-16-13;1-2(3)4;/h1-11H;1H3,(H,3,4);/q-1;;+2/p+1. The first-order chi connectivity index (χ1) is 11.1. The molecule has 2 aromatic heterocycles. The van der Waals surface area contributed by atoms with Crippen LogP contribution in [0.5, 0.6) is 0 Å². The summed E-state index contributed by atoms with van der Waals surface area (Å²) in [5, 5.41) is 11.0. The molecule has 0 unspecified atom stereocenters. The molecule has 0 aliphatic carbocycles. The van der Waals surface area contributed by atoms with Crippen LogP contribution in [0, 0.1) is 0 Å². The van der Waals surface area contributed by atoms with E-state index in [1.54, 1.807) is 12.4 Å². The summed E-state index contributed by atoms with van der Waals surface area (Å²) in [5.74, 6) is 0.00545. The Labute approximate surface area is 152 Å². The third-order valence-electron chi connectivity index (χ3n) is 2.62. The summed E-state index contributed by atoms with van der Waals surface area (Å²) in [7, 11) is 0. The molecule has 3 rings (SSSR count). The van der Waals surface area contributed by atoms with Crippen molar-refractivity contribution >= 4 is 28.9 Å². The molecule has 0 bridgehead atoms. The number of hydrogen-bond donors (Lipinski definition) is 0. The second kappa shape index (κ2) is 10.2. The van der Waals surface area contributed by atoms with Gasteiger partial charge in [0.2, 0.25) is 0 Å². The monoisotopic (exact) mass is 372 g/mol. The van der Waals surface area contributed by atoms with Crippen LogP contribution in [0.25, 0.3) is 16.3 Å². The number of benzene rings is 1. The smallest absolute Gasteiger partial charge is 0.565 e. The molecule has 2 N–H and O–H groups in total. The molecule has 0 amide bonds. The third kappa shape index (κ3) is 6.63.